The molecule has 2 aromatic carbocycles. The van der Waals surface area contributed by atoms with Crippen molar-refractivity contribution in [3.63, 3.8) is 0 Å². The van der Waals surface area contributed by atoms with Crippen LogP contribution in [0.2, 0.25) is 10.0 Å². The Morgan fingerprint density at radius 3 is 2.28 bits per heavy atom. The summed E-state index contributed by atoms with van der Waals surface area (Å²) in [5.74, 6) is -1.61. The largest absolute Gasteiger partial charge is 0.486 e. The van der Waals surface area contributed by atoms with Crippen LogP contribution in [0.25, 0.3) is 0 Å². The smallest absolute Gasteiger partial charge is 0.416 e. The molecule has 0 bridgehead atoms. The van der Waals surface area contributed by atoms with Crippen LogP contribution < -0.4 is 10.1 Å². The summed E-state index contributed by atoms with van der Waals surface area (Å²) in [6.07, 6.45) is -7.08. The van der Waals surface area contributed by atoms with Gasteiger partial charge in [-0.2, -0.15) is 13.2 Å². The first-order chi connectivity index (χ1) is 13.5. The summed E-state index contributed by atoms with van der Waals surface area (Å²) >= 11 is 12.2. The highest BCUT2D eigenvalue weighted by molar-refractivity contribution is 6.37. The highest BCUT2D eigenvalue weighted by atomic mass is 35.5. The van der Waals surface area contributed by atoms with E-state index < -0.39 is 30.3 Å². The van der Waals surface area contributed by atoms with Crippen LogP contribution in [0.5, 0.6) is 5.75 Å². The lowest BCUT2D eigenvalue weighted by atomic mass is 10.1. The highest BCUT2D eigenvalue weighted by Crippen LogP contribution is 2.36. The Morgan fingerprint density at radius 2 is 1.76 bits per heavy atom. The first kappa shape index (κ1) is 23.1. The molecule has 4 nitrogen and oxygen atoms in total. The molecule has 1 unspecified atom stereocenters. The van der Waals surface area contributed by atoms with E-state index in [1.165, 1.54) is 18.2 Å². The van der Waals surface area contributed by atoms with Crippen LogP contribution in [-0.2, 0) is 24.0 Å². The summed E-state index contributed by atoms with van der Waals surface area (Å²) < 4.78 is 58.2. The van der Waals surface area contributed by atoms with Crippen molar-refractivity contribution in [1.82, 2.24) is 0 Å². The second-order valence-electron chi connectivity index (χ2n) is 6.13. The molecule has 0 saturated heterocycles. The van der Waals surface area contributed by atoms with Gasteiger partial charge in [-0.1, -0.05) is 23.2 Å². The van der Waals surface area contributed by atoms with Gasteiger partial charge >= 0.3 is 12.1 Å². The highest BCUT2D eigenvalue weighted by Gasteiger charge is 2.31. The van der Waals surface area contributed by atoms with Gasteiger partial charge in [-0.25, -0.2) is 9.18 Å². The molecule has 0 aromatic heterocycles. The predicted molar refractivity (Wildman–Crippen MR) is 103 cm³/mol. The van der Waals surface area contributed by atoms with Gasteiger partial charge in [0.05, 0.1) is 15.6 Å². The molecule has 0 heterocycles. The molecule has 158 valence electrons. The van der Waals surface area contributed by atoms with Crippen LogP contribution in [-0.4, -0.2) is 23.8 Å². The number of hydrogen-bond donors (Lipinski definition) is 2. The first-order valence-electron chi connectivity index (χ1n) is 8.44. The molecule has 0 amide bonds. The number of hydrogen-bond acceptors (Lipinski definition) is 3. The first-order valence-corrected chi connectivity index (χ1v) is 9.19. The number of rotatable bonds is 8. The van der Waals surface area contributed by atoms with Gasteiger partial charge in [-0.15, -0.1) is 0 Å². The fourth-order valence-corrected chi connectivity index (χ4v) is 3.20. The molecule has 0 radical (unpaired) electrons. The number of nitrogens with one attached hydrogen (secondary N) is 1. The minimum absolute atomic E-state index is 0.00484. The van der Waals surface area contributed by atoms with Crippen molar-refractivity contribution in [3.05, 3.63) is 57.1 Å². The second kappa shape index (κ2) is 9.54. The van der Waals surface area contributed by atoms with E-state index in [1.807, 2.05) is 0 Å². The molecule has 29 heavy (non-hydrogen) atoms. The number of benzene rings is 2. The van der Waals surface area contributed by atoms with Gasteiger partial charge in [0, 0.05) is 18.7 Å². The van der Waals surface area contributed by atoms with Crippen molar-refractivity contribution in [2.75, 3.05) is 11.9 Å². The van der Waals surface area contributed by atoms with Crippen LogP contribution >= 0.6 is 23.2 Å². The van der Waals surface area contributed by atoms with Gasteiger partial charge < -0.3 is 15.2 Å². The van der Waals surface area contributed by atoms with E-state index in [9.17, 15) is 22.4 Å². The Bertz CT molecular complexity index is 867. The molecule has 2 N–H and O–H groups in total. The molecule has 2 rings (SSSR count). The number of alkyl halides is 4. The second-order valence-corrected chi connectivity index (χ2v) is 6.95. The van der Waals surface area contributed by atoms with Gasteiger partial charge in [0.1, 0.15) is 6.61 Å². The summed E-state index contributed by atoms with van der Waals surface area (Å²) in [5.41, 5.74) is -0.0571. The van der Waals surface area contributed by atoms with Crippen LogP contribution in [0, 0.1) is 0 Å². The summed E-state index contributed by atoms with van der Waals surface area (Å²) in [6.45, 7) is 1.94. The maximum Gasteiger partial charge on any atom is 0.416 e. The van der Waals surface area contributed by atoms with E-state index in [1.54, 1.807) is 6.92 Å². The number of ether oxygens (including phenoxy) is 1. The quantitative estimate of drug-likeness (QED) is 0.482. The minimum Gasteiger partial charge on any atom is -0.486 e. The monoisotopic (exact) mass is 453 g/mol. The molecular weight excluding hydrogens is 437 g/mol. The Hall–Kier alpha value is -2.19. The molecule has 0 saturated carbocycles. The van der Waals surface area contributed by atoms with Crippen molar-refractivity contribution in [1.29, 1.82) is 0 Å². The van der Waals surface area contributed by atoms with Gasteiger partial charge in [-0.05, 0) is 48.4 Å². The van der Waals surface area contributed by atoms with Crippen molar-refractivity contribution in [2.24, 2.45) is 0 Å². The number of carboxylic acid groups (broad SMARTS) is 1. The average Bonchev–Trinajstić information content (AvgIpc) is 2.60. The zero-order chi connectivity index (χ0) is 21.8. The fraction of sp³-hybridized carbons (Fsp3) is 0.316. The van der Waals surface area contributed by atoms with Crippen molar-refractivity contribution in [3.8, 4) is 5.75 Å². The van der Waals surface area contributed by atoms with E-state index in [-0.39, 0.29) is 39.2 Å². The van der Waals surface area contributed by atoms with Crippen molar-refractivity contribution >= 4 is 34.9 Å². The van der Waals surface area contributed by atoms with E-state index in [4.69, 9.17) is 33.0 Å². The maximum atomic E-state index is 13.4. The number of aliphatic carboxylic acids is 1. The summed E-state index contributed by atoms with van der Waals surface area (Å²) in [6, 6.07) is 6.06. The topological polar surface area (TPSA) is 58.6 Å². The zero-order valence-corrected chi connectivity index (χ0v) is 16.6. The predicted octanol–water partition coefficient (Wildman–Crippen LogP) is 5.99. The Morgan fingerprint density at radius 1 is 1.14 bits per heavy atom. The van der Waals surface area contributed by atoms with Crippen LogP contribution in [0.1, 0.15) is 23.6 Å². The van der Waals surface area contributed by atoms with E-state index in [0.717, 1.165) is 12.1 Å². The standard InChI is InChI=1S/C19H17Cl2F4NO3/c1-2-26-13-4-11(3-12(8-13)19(23,24)25)9-29-17-14(20)5-10(6-15(17)21)7-16(22)18(27)28/h3-6,8,16,26H,2,7,9H2,1H3,(H,27,28). The third kappa shape index (κ3) is 6.40. The molecular formula is C19H17Cl2F4NO3. The SMILES string of the molecule is CCNc1cc(COc2c(Cl)cc(CC(F)C(=O)O)cc2Cl)cc(C(F)(F)F)c1. The third-order valence-corrected chi connectivity index (χ3v) is 4.39. The molecule has 1 atom stereocenters. The zero-order valence-electron chi connectivity index (χ0n) is 15.1. The molecule has 0 aliphatic rings. The lowest BCUT2D eigenvalue weighted by Crippen LogP contribution is -2.17. The van der Waals surface area contributed by atoms with Crippen molar-refractivity contribution < 1.29 is 32.2 Å². The van der Waals surface area contributed by atoms with Gasteiger partial charge in [0.15, 0.2) is 5.75 Å². The normalized spacial score (nSPS) is 12.5. The summed E-state index contributed by atoms with van der Waals surface area (Å²) in [5, 5.41) is 11.4. The lowest BCUT2D eigenvalue weighted by molar-refractivity contribution is -0.142. The maximum absolute atomic E-state index is 13.4. The third-order valence-electron chi connectivity index (χ3n) is 3.83. The van der Waals surface area contributed by atoms with Gasteiger partial charge in [0.2, 0.25) is 6.17 Å². The fourth-order valence-electron chi connectivity index (χ4n) is 2.56. The van der Waals surface area contributed by atoms with Gasteiger partial charge in [-0.3, -0.25) is 0 Å². The van der Waals surface area contributed by atoms with Crippen LogP contribution in [0.3, 0.4) is 0 Å². The molecule has 0 aliphatic heterocycles. The molecule has 0 spiro atoms. The van der Waals surface area contributed by atoms with Gasteiger partial charge in [0.25, 0.3) is 0 Å². The Balaban J connectivity index is 2.23. The van der Waals surface area contributed by atoms with E-state index in [2.05, 4.69) is 5.32 Å². The number of anilines is 1. The summed E-state index contributed by atoms with van der Waals surface area (Å²) in [7, 11) is 0. The minimum atomic E-state index is -4.52. The Labute approximate surface area is 174 Å². The van der Waals surface area contributed by atoms with Crippen molar-refractivity contribution in [2.45, 2.75) is 32.3 Å². The lowest BCUT2D eigenvalue weighted by Gasteiger charge is -2.15. The van der Waals surface area contributed by atoms with Crippen LogP contribution in [0.15, 0.2) is 30.3 Å². The number of carbonyl (C=O) groups is 1. The number of carboxylic acids is 1. The molecule has 10 heteroatoms. The molecule has 2 aromatic rings. The number of halogens is 6. The molecule has 0 fully saturated rings. The average molecular weight is 454 g/mol. The van der Waals surface area contributed by atoms with E-state index >= 15 is 0 Å². The molecule has 0 aliphatic carbocycles. The summed E-state index contributed by atoms with van der Waals surface area (Å²) in [4.78, 5) is 10.6. The van der Waals surface area contributed by atoms with Crippen LogP contribution in [0.4, 0.5) is 23.2 Å². The van der Waals surface area contributed by atoms with E-state index in [0.29, 0.717) is 6.54 Å². The Kier molecular flexibility index (Phi) is 7.60.